The second kappa shape index (κ2) is 8.54. The smallest absolute Gasteiger partial charge is 0.407 e. The summed E-state index contributed by atoms with van der Waals surface area (Å²) in [6, 6.07) is 15.5. The Labute approximate surface area is 192 Å². The van der Waals surface area contributed by atoms with E-state index in [0.29, 0.717) is 18.8 Å². The van der Waals surface area contributed by atoms with Crippen LogP contribution >= 0.6 is 0 Å². The number of nitrogens with one attached hydrogen (secondary N) is 2. The van der Waals surface area contributed by atoms with Gasteiger partial charge >= 0.3 is 12.1 Å². The zero-order valence-corrected chi connectivity index (χ0v) is 18.5. The number of rotatable bonds is 6. The molecule has 2 amide bonds. The first-order valence-corrected chi connectivity index (χ1v) is 11.6. The molecule has 5 rings (SSSR count). The molecule has 0 saturated heterocycles. The number of alkyl carbamates (subject to hydrolysis) is 1. The van der Waals surface area contributed by atoms with Crippen molar-refractivity contribution in [3.8, 4) is 11.1 Å². The average Bonchev–Trinajstić information content (AvgIpc) is 3.31. The van der Waals surface area contributed by atoms with Gasteiger partial charge in [0.05, 0.1) is 5.92 Å². The Kier molecular flexibility index (Phi) is 5.56. The van der Waals surface area contributed by atoms with Crippen LogP contribution in [0.5, 0.6) is 0 Å². The molecule has 3 aliphatic rings. The summed E-state index contributed by atoms with van der Waals surface area (Å²) in [5.41, 5.74) is 4.58. The van der Waals surface area contributed by atoms with Gasteiger partial charge in [0.15, 0.2) is 0 Å². The fourth-order valence-electron chi connectivity index (χ4n) is 5.78. The summed E-state index contributed by atoms with van der Waals surface area (Å²) in [6.07, 6.45) is 1.48. The van der Waals surface area contributed by atoms with E-state index >= 15 is 0 Å². The number of benzene rings is 2. The Hall–Kier alpha value is -3.35. The van der Waals surface area contributed by atoms with Crippen LogP contribution in [0.25, 0.3) is 11.1 Å². The molecule has 2 aromatic carbocycles. The van der Waals surface area contributed by atoms with Gasteiger partial charge in [-0.2, -0.15) is 0 Å². The maximum atomic E-state index is 12.6. The molecule has 7 nitrogen and oxygen atoms in total. The van der Waals surface area contributed by atoms with Gasteiger partial charge in [-0.15, -0.1) is 0 Å². The number of amides is 2. The van der Waals surface area contributed by atoms with Crippen LogP contribution in [0, 0.1) is 17.8 Å². The topological polar surface area (TPSA) is 105 Å². The Morgan fingerprint density at radius 1 is 1.00 bits per heavy atom. The molecule has 5 atom stereocenters. The summed E-state index contributed by atoms with van der Waals surface area (Å²) in [5, 5.41) is 14.8. The lowest BCUT2D eigenvalue weighted by atomic mass is 9.71. The normalized spacial score (nSPS) is 25.7. The molecule has 0 bridgehead atoms. The third-order valence-corrected chi connectivity index (χ3v) is 7.57. The number of aliphatic carboxylic acids is 1. The molecule has 0 aromatic heterocycles. The maximum Gasteiger partial charge on any atom is 0.407 e. The van der Waals surface area contributed by atoms with Crippen molar-refractivity contribution >= 4 is 18.0 Å². The third-order valence-electron chi connectivity index (χ3n) is 7.57. The van der Waals surface area contributed by atoms with E-state index in [4.69, 9.17) is 4.74 Å². The van der Waals surface area contributed by atoms with Crippen molar-refractivity contribution in [2.75, 3.05) is 6.61 Å². The quantitative estimate of drug-likeness (QED) is 0.627. The van der Waals surface area contributed by atoms with Gasteiger partial charge in [0.25, 0.3) is 0 Å². The van der Waals surface area contributed by atoms with Crippen molar-refractivity contribution < 1.29 is 24.2 Å². The predicted molar refractivity (Wildman–Crippen MR) is 122 cm³/mol. The van der Waals surface area contributed by atoms with Crippen molar-refractivity contribution in [2.24, 2.45) is 17.8 Å². The molecule has 0 spiro atoms. The van der Waals surface area contributed by atoms with Gasteiger partial charge in [0.2, 0.25) is 5.91 Å². The van der Waals surface area contributed by atoms with E-state index < -0.39 is 18.1 Å². The van der Waals surface area contributed by atoms with E-state index in [0.717, 1.165) is 28.7 Å². The molecule has 0 radical (unpaired) electrons. The zero-order chi connectivity index (χ0) is 23.1. The monoisotopic (exact) mass is 448 g/mol. The van der Waals surface area contributed by atoms with Crippen LogP contribution in [0.1, 0.15) is 43.2 Å². The molecule has 0 heterocycles. The van der Waals surface area contributed by atoms with Gasteiger partial charge in [0.1, 0.15) is 12.6 Å². The molecule has 3 N–H and O–H groups in total. The number of carboxylic acid groups (broad SMARTS) is 1. The number of ether oxygens (including phenoxy) is 1. The highest BCUT2D eigenvalue weighted by Gasteiger charge is 2.50. The van der Waals surface area contributed by atoms with Gasteiger partial charge < -0.3 is 20.5 Å². The molecule has 172 valence electrons. The SMILES string of the molecule is C[C@@H](NC(=O)OCC1c2ccccc2-c2ccccc21)C(=O)NC1CC2CC(C(=O)O)CC21. The highest BCUT2D eigenvalue weighted by atomic mass is 16.5. The van der Waals surface area contributed by atoms with Crippen LogP contribution in [0.2, 0.25) is 0 Å². The first kappa shape index (κ1) is 21.5. The summed E-state index contributed by atoms with van der Waals surface area (Å²) in [5.74, 6) is -0.772. The maximum absolute atomic E-state index is 12.6. The minimum Gasteiger partial charge on any atom is -0.481 e. The van der Waals surface area contributed by atoms with Crippen molar-refractivity contribution in [1.29, 1.82) is 0 Å². The lowest BCUT2D eigenvalue weighted by Gasteiger charge is -2.41. The Morgan fingerprint density at radius 2 is 1.64 bits per heavy atom. The summed E-state index contributed by atoms with van der Waals surface area (Å²) in [6.45, 7) is 1.82. The van der Waals surface area contributed by atoms with Crippen molar-refractivity contribution in [1.82, 2.24) is 10.6 Å². The fraction of sp³-hybridized carbons (Fsp3) is 0.423. The minimum absolute atomic E-state index is 0.0152. The summed E-state index contributed by atoms with van der Waals surface area (Å²) >= 11 is 0. The van der Waals surface area contributed by atoms with Crippen LogP contribution in [-0.4, -0.2) is 41.8 Å². The molecular formula is C26H28N2O5. The number of hydrogen-bond donors (Lipinski definition) is 3. The van der Waals surface area contributed by atoms with E-state index in [2.05, 4.69) is 34.9 Å². The molecule has 0 aliphatic heterocycles. The number of carboxylic acids is 1. The highest BCUT2D eigenvalue weighted by Crippen LogP contribution is 2.49. The molecule has 2 saturated carbocycles. The van der Waals surface area contributed by atoms with Crippen LogP contribution in [0.3, 0.4) is 0 Å². The first-order valence-electron chi connectivity index (χ1n) is 11.6. The lowest BCUT2D eigenvalue weighted by Crippen LogP contribution is -2.55. The van der Waals surface area contributed by atoms with Gasteiger partial charge in [-0.25, -0.2) is 4.79 Å². The van der Waals surface area contributed by atoms with Crippen molar-refractivity contribution in [3.05, 3.63) is 59.7 Å². The number of fused-ring (bicyclic) bond motifs is 4. The standard InChI is InChI=1S/C26H28N2O5/c1-14(24(29)28-23-12-15-10-16(25(30)31)11-21(15)23)27-26(32)33-13-22-19-8-4-2-6-17(19)18-7-3-5-9-20(18)22/h2-9,14-16,21-23H,10-13H2,1H3,(H,27,32)(H,28,29)(H,30,31)/t14-,15?,16?,21?,23?/m1/s1. The van der Waals surface area contributed by atoms with E-state index in [-0.39, 0.29) is 36.3 Å². The summed E-state index contributed by atoms with van der Waals surface area (Å²) in [7, 11) is 0. The minimum atomic E-state index is -0.750. The van der Waals surface area contributed by atoms with Crippen LogP contribution < -0.4 is 10.6 Å². The Morgan fingerprint density at radius 3 is 2.27 bits per heavy atom. The average molecular weight is 449 g/mol. The van der Waals surface area contributed by atoms with Gasteiger partial charge in [-0.3, -0.25) is 9.59 Å². The highest BCUT2D eigenvalue weighted by molar-refractivity contribution is 5.85. The second-order valence-electron chi connectivity index (χ2n) is 9.47. The molecule has 4 unspecified atom stereocenters. The van der Waals surface area contributed by atoms with Crippen molar-refractivity contribution in [2.45, 2.75) is 44.2 Å². The van der Waals surface area contributed by atoms with E-state index in [1.165, 1.54) is 0 Å². The van der Waals surface area contributed by atoms with E-state index in [1.54, 1.807) is 6.92 Å². The van der Waals surface area contributed by atoms with Gasteiger partial charge in [-0.1, -0.05) is 48.5 Å². The molecule has 3 aliphatic carbocycles. The molecule has 2 aromatic rings. The van der Waals surface area contributed by atoms with Gasteiger partial charge in [0, 0.05) is 12.0 Å². The number of carbonyl (C=O) groups is 3. The zero-order valence-electron chi connectivity index (χ0n) is 18.5. The Bertz CT molecular complexity index is 1050. The molecule has 7 heteroatoms. The summed E-state index contributed by atoms with van der Waals surface area (Å²) < 4.78 is 5.52. The third kappa shape index (κ3) is 3.96. The Balaban J connectivity index is 1.13. The van der Waals surface area contributed by atoms with Crippen LogP contribution in [0.4, 0.5) is 4.79 Å². The number of carbonyl (C=O) groups excluding carboxylic acids is 2. The molecule has 2 fully saturated rings. The van der Waals surface area contributed by atoms with E-state index in [1.807, 2.05) is 24.3 Å². The fourth-order valence-corrected chi connectivity index (χ4v) is 5.78. The van der Waals surface area contributed by atoms with Gasteiger partial charge in [-0.05, 0) is 60.3 Å². The molecule has 33 heavy (non-hydrogen) atoms. The van der Waals surface area contributed by atoms with Crippen LogP contribution in [0.15, 0.2) is 48.5 Å². The number of hydrogen-bond acceptors (Lipinski definition) is 4. The second-order valence-corrected chi connectivity index (χ2v) is 9.47. The lowest BCUT2D eigenvalue weighted by molar-refractivity contribution is -0.141. The summed E-state index contributed by atoms with van der Waals surface area (Å²) in [4.78, 5) is 36.2. The largest absolute Gasteiger partial charge is 0.481 e. The van der Waals surface area contributed by atoms with Crippen molar-refractivity contribution in [3.63, 3.8) is 0 Å². The molecular weight excluding hydrogens is 420 g/mol. The first-order chi connectivity index (χ1) is 15.9. The predicted octanol–water partition coefficient (Wildman–Crippen LogP) is 3.53. The van der Waals surface area contributed by atoms with Crippen LogP contribution in [-0.2, 0) is 14.3 Å². The van der Waals surface area contributed by atoms with E-state index in [9.17, 15) is 19.5 Å².